The van der Waals surface area contributed by atoms with E-state index in [1.54, 1.807) is 0 Å². The number of likely N-dealkylation sites (N-methyl/N-ethyl adjacent to an activating group) is 1. The zero-order chi connectivity index (χ0) is 30.3. The number of para-hydroxylation sites is 1. The van der Waals surface area contributed by atoms with Gasteiger partial charge in [-0.2, -0.15) is 0 Å². The van der Waals surface area contributed by atoms with Gasteiger partial charge in [-0.3, -0.25) is 14.5 Å². The molecular weight excluding hydrogens is 548 g/mol. The number of benzene rings is 3. The highest BCUT2D eigenvalue weighted by atomic mass is 16.2. The van der Waals surface area contributed by atoms with Gasteiger partial charge >= 0.3 is 0 Å². The third-order valence-electron chi connectivity index (χ3n) is 8.83. The van der Waals surface area contributed by atoms with E-state index in [4.69, 9.17) is 0 Å². The molecule has 0 unspecified atom stereocenters. The molecule has 3 heterocycles. The average molecular weight is 591 g/mol. The van der Waals surface area contributed by atoms with Crippen molar-refractivity contribution in [3.63, 3.8) is 0 Å². The lowest BCUT2D eigenvalue weighted by Crippen LogP contribution is -2.45. The number of nitrogens with zero attached hydrogens (tertiary/aromatic N) is 4. The Balaban J connectivity index is 1.03. The number of piperidine rings is 1. The van der Waals surface area contributed by atoms with Crippen LogP contribution in [0.3, 0.4) is 0 Å². The summed E-state index contributed by atoms with van der Waals surface area (Å²) in [5.41, 5.74) is 5.68. The van der Waals surface area contributed by atoms with Crippen molar-refractivity contribution < 1.29 is 9.59 Å². The number of anilines is 1. The molecule has 3 aromatic carbocycles. The molecule has 2 amide bonds. The zero-order valence-corrected chi connectivity index (χ0v) is 25.5. The third kappa shape index (κ3) is 7.44. The predicted molar refractivity (Wildman–Crippen MR) is 177 cm³/mol. The monoisotopic (exact) mass is 590 g/mol. The van der Waals surface area contributed by atoms with E-state index >= 15 is 0 Å². The summed E-state index contributed by atoms with van der Waals surface area (Å²) in [5.74, 6) is -0.299. The lowest BCUT2D eigenvalue weighted by atomic mass is 9.99. The molecule has 0 bridgehead atoms. The van der Waals surface area contributed by atoms with Gasteiger partial charge in [-0.15, -0.1) is 0 Å². The summed E-state index contributed by atoms with van der Waals surface area (Å²) in [6, 6.07) is 29.1. The summed E-state index contributed by atoms with van der Waals surface area (Å²) in [5, 5.41) is 7.09. The van der Waals surface area contributed by atoms with Crippen LogP contribution in [-0.2, 0) is 11.3 Å². The number of amides is 2. The van der Waals surface area contributed by atoms with Gasteiger partial charge in [0, 0.05) is 75.9 Å². The fourth-order valence-corrected chi connectivity index (χ4v) is 6.20. The van der Waals surface area contributed by atoms with Crippen LogP contribution in [-0.4, -0.2) is 85.5 Å². The molecule has 0 spiro atoms. The highest BCUT2D eigenvalue weighted by molar-refractivity contribution is 6.01. The zero-order valence-electron chi connectivity index (χ0n) is 25.5. The minimum Gasteiger partial charge on any atom is -0.369 e. The Morgan fingerprint density at radius 3 is 2.30 bits per heavy atom. The Labute approximate surface area is 260 Å². The van der Waals surface area contributed by atoms with Crippen LogP contribution in [0.5, 0.6) is 0 Å². The number of pyridine rings is 1. The van der Waals surface area contributed by atoms with Crippen molar-refractivity contribution in [2.45, 2.75) is 31.8 Å². The number of carbonyl (C=O) groups excluding carboxylic acids is 2. The predicted octanol–water partition coefficient (Wildman–Crippen LogP) is 4.55. The first-order chi connectivity index (χ1) is 21.5. The van der Waals surface area contributed by atoms with E-state index in [1.165, 1.54) is 11.3 Å². The van der Waals surface area contributed by atoms with Gasteiger partial charge in [-0.25, -0.2) is 4.98 Å². The van der Waals surface area contributed by atoms with Crippen molar-refractivity contribution in [1.82, 2.24) is 25.4 Å². The highest BCUT2D eigenvalue weighted by Crippen LogP contribution is 2.30. The van der Waals surface area contributed by atoms with Crippen LogP contribution in [0.15, 0.2) is 84.9 Å². The molecule has 8 nitrogen and oxygen atoms in total. The molecule has 8 heteroatoms. The summed E-state index contributed by atoms with van der Waals surface area (Å²) < 4.78 is 0. The number of piperazine rings is 1. The first-order valence-electron chi connectivity index (χ1n) is 15.8. The molecule has 2 aliphatic rings. The molecule has 0 atom stereocenters. The van der Waals surface area contributed by atoms with E-state index in [0.29, 0.717) is 5.69 Å². The number of nitrogens with one attached hydrogen (secondary N) is 2. The van der Waals surface area contributed by atoms with E-state index in [0.717, 1.165) is 80.7 Å². The lowest BCUT2D eigenvalue weighted by molar-refractivity contribution is -0.122. The van der Waals surface area contributed by atoms with Crippen molar-refractivity contribution in [2.75, 3.05) is 57.8 Å². The van der Waals surface area contributed by atoms with Crippen molar-refractivity contribution in [2.24, 2.45) is 0 Å². The molecule has 0 radical (unpaired) electrons. The highest BCUT2D eigenvalue weighted by Gasteiger charge is 2.21. The Morgan fingerprint density at radius 1 is 0.841 bits per heavy atom. The Kier molecular flexibility index (Phi) is 9.48. The van der Waals surface area contributed by atoms with Crippen LogP contribution in [0.1, 0.15) is 35.3 Å². The summed E-state index contributed by atoms with van der Waals surface area (Å²) in [4.78, 5) is 37.7. The molecule has 2 N–H and O–H groups in total. The van der Waals surface area contributed by atoms with Gasteiger partial charge < -0.3 is 20.4 Å². The fourth-order valence-electron chi connectivity index (χ4n) is 6.20. The molecular formula is C36H42N6O2. The standard InChI is InChI=1S/C36H42N6O2/c1-40-21-23-42(24-22-40)30-13-11-28(12-14-30)32-25-34(39-33-10-6-5-9-31(32)33)36(44)37-18-15-35(43)38-29-16-19-41(20-17-29)26-27-7-3-2-4-8-27/h2-14,25,29H,15-24,26H2,1H3,(H,37,44)(H,38,43). The number of hydrogen-bond acceptors (Lipinski definition) is 6. The Hall–Kier alpha value is -4.27. The minimum absolute atomic E-state index is 0.0283. The van der Waals surface area contributed by atoms with Gasteiger partial charge in [0.05, 0.1) is 5.52 Å². The van der Waals surface area contributed by atoms with E-state index in [1.807, 2.05) is 36.4 Å². The van der Waals surface area contributed by atoms with Crippen LogP contribution in [0.2, 0.25) is 0 Å². The number of aromatic nitrogens is 1. The van der Waals surface area contributed by atoms with Crippen molar-refractivity contribution in [3.8, 4) is 11.1 Å². The largest absolute Gasteiger partial charge is 0.369 e. The quantitative estimate of drug-likeness (QED) is 0.298. The molecule has 2 fully saturated rings. The van der Waals surface area contributed by atoms with Gasteiger partial charge in [-0.1, -0.05) is 60.7 Å². The van der Waals surface area contributed by atoms with Gasteiger partial charge in [-0.05, 0) is 60.8 Å². The Morgan fingerprint density at radius 2 is 1.55 bits per heavy atom. The molecule has 4 aromatic rings. The van der Waals surface area contributed by atoms with E-state index in [9.17, 15) is 9.59 Å². The number of fused-ring (bicyclic) bond motifs is 1. The van der Waals surface area contributed by atoms with Gasteiger partial charge in [0.1, 0.15) is 5.69 Å². The summed E-state index contributed by atoms with van der Waals surface area (Å²) >= 11 is 0. The van der Waals surface area contributed by atoms with E-state index < -0.39 is 0 Å². The number of likely N-dealkylation sites (tertiary alicyclic amines) is 1. The fraction of sp³-hybridized carbons (Fsp3) is 0.361. The van der Waals surface area contributed by atoms with Crippen LogP contribution in [0, 0.1) is 0 Å². The third-order valence-corrected chi connectivity index (χ3v) is 8.83. The van der Waals surface area contributed by atoms with Crippen LogP contribution < -0.4 is 15.5 Å². The lowest BCUT2D eigenvalue weighted by Gasteiger charge is -2.34. The second kappa shape index (κ2) is 14.0. The van der Waals surface area contributed by atoms with E-state index in [2.05, 4.69) is 85.9 Å². The van der Waals surface area contributed by atoms with Crippen LogP contribution >= 0.6 is 0 Å². The molecule has 2 aliphatic heterocycles. The van der Waals surface area contributed by atoms with Crippen LogP contribution in [0.25, 0.3) is 22.0 Å². The second-order valence-electron chi connectivity index (χ2n) is 12.0. The Bertz CT molecular complexity index is 1560. The molecule has 6 rings (SSSR count). The SMILES string of the molecule is CN1CCN(c2ccc(-c3cc(C(=O)NCCC(=O)NC4CCN(Cc5ccccc5)CC4)nc4ccccc34)cc2)CC1. The first-order valence-corrected chi connectivity index (χ1v) is 15.8. The molecule has 2 saturated heterocycles. The maximum absolute atomic E-state index is 13.2. The molecule has 0 saturated carbocycles. The maximum atomic E-state index is 13.2. The normalized spacial score (nSPS) is 16.6. The first kappa shape index (κ1) is 29.8. The number of carbonyl (C=O) groups is 2. The van der Waals surface area contributed by atoms with Crippen LogP contribution in [0.4, 0.5) is 5.69 Å². The summed E-state index contributed by atoms with van der Waals surface area (Å²) in [6.45, 7) is 7.29. The second-order valence-corrected chi connectivity index (χ2v) is 12.0. The summed E-state index contributed by atoms with van der Waals surface area (Å²) in [7, 11) is 2.16. The topological polar surface area (TPSA) is 80.8 Å². The number of rotatable bonds is 9. The van der Waals surface area contributed by atoms with Crippen molar-refractivity contribution in [1.29, 1.82) is 0 Å². The van der Waals surface area contributed by atoms with Crippen molar-refractivity contribution >= 4 is 28.4 Å². The van der Waals surface area contributed by atoms with Gasteiger partial charge in [0.25, 0.3) is 5.91 Å². The van der Waals surface area contributed by atoms with Crippen molar-refractivity contribution in [3.05, 3.63) is 96.2 Å². The summed E-state index contributed by atoms with van der Waals surface area (Å²) in [6.07, 6.45) is 2.11. The molecule has 44 heavy (non-hydrogen) atoms. The van der Waals surface area contributed by atoms with Gasteiger partial charge in [0.2, 0.25) is 5.91 Å². The minimum atomic E-state index is -0.270. The molecule has 1 aromatic heterocycles. The maximum Gasteiger partial charge on any atom is 0.269 e. The molecule has 228 valence electrons. The van der Waals surface area contributed by atoms with Gasteiger partial charge in [0.15, 0.2) is 0 Å². The molecule has 0 aliphatic carbocycles. The number of hydrogen-bond donors (Lipinski definition) is 2. The van der Waals surface area contributed by atoms with E-state index in [-0.39, 0.29) is 30.8 Å². The average Bonchev–Trinajstić information content (AvgIpc) is 3.06. The smallest absolute Gasteiger partial charge is 0.269 e.